The Morgan fingerprint density at radius 3 is 2.40 bits per heavy atom. The quantitative estimate of drug-likeness (QED) is 0.772. The van der Waals surface area contributed by atoms with Gasteiger partial charge in [0.25, 0.3) is 0 Å². The predicted octanol–water partition coefficient (Wildman–Crippen LogP) is 4.08. The van der Waals surface area contributed by atoms with Gasteiger partial charge in [0.2, 0.25) is 5.91 Å². The van der Waals surface area contributed by atoms with Crippen molar-refractivity contribution in [1.29, 1.82) is 0 Å². The molecule has 1 atom stereocenters. The summed E-state index contributed by atoms with van der Waals surface area (Å²) in [5.74, 6) is 1.44. The first-order valence-corrected chi connectivity index (χ1v) is 8.48. The zero-order valence-electron chi connectivity index (χ0n) is 14.6. The first-order valence-electron chi connectivity index (χ1n) is 8.48. The molecule has 0 spiro atoms. The van der Waals surface area contributed by atoms with Crippen molar-refractivity contribution in [2.75, 3.05) is 20.8 Å². The molecular weight excluding hydrogens is 314 g/mol. The van der Waals surface area contributed by atoms with Gasteiger partial charge in [-0.25, -0.2) is 0 Å². The maximum atomic E-state index is 12.7. The largest absolute Gasteiger partial charge is 0.497 e. The molecule has 1 fully saturated rings. The average Bonchev–Trinajstić information content (AvgIpc) is 3.16. The molecular formula is C21H23NO3. The zero-order chi connectivity index (χ0) is 17.6. The third-order valence-corrected chi connectivity index (χ3v) is 4.51. The van der Waals surface area contributed by atoms with E-state index in [-0.39, 0.29) is 11.9 Å². The normalized spacial score (nSPS) is 17.0. The fourth-order valence-electron chi connectivity index (χ4n) is 3.24. The monoisotopic (exact) mass is 337 g/mol. The second kappa shape index (κ2) is 7.88. The van der Waals surface area contributed by atoms with Crippen LogP contribution in [-0.4, -0.2) is 31.6 Å². The number of ether oxygens (including phenoxy) is 2. The molecule has 0 aromatic heterocycles. The highest BCUT2D eigenvalue weighted by molar-refractivity contribution is 5.92. The van der Waals surface area contributed by atoms with E-state index in [0.29, 0.717) is 11.5 Å². The number of methoxy groups -OCH3 is 2. The fraction of sp³-hybridized carbons (Fsp3) is 0.286. The predicted molar refractivity (Wildman–Crippen MR) is 98.7 cm³/mol. The maximum Gasteiger partial charge on any atom is 0.247 e. The number of carbonyl (C=O) groups excluding carboxylic acids is 1. The van der Waals surface area contributed by atoms with E-state index in [2.05, 4.69) is 12.1 Å². The Hall–Kier alpha value is -2.75. The van der Waals surface area contributed by atoms with E-state index in [1.165, 1.54) is 5.56 Å². The standard InChI is InChI=1S/C21H23NO3/c1-24-18-13-16(14-19(15-18)25-2)10-11-21(23)22-12-6-9-20(22)17-7-4-3-5-8-17/h3-5,7-8,10-11,13-15,20H,6,9,12H2,1-2H3. The molecule has 3 rings (SSSR count). The minimum atomic E-state index is 0.0353. The van der Waals surface area contributed by atoms with Crippen LogP contribution in [-0.2, 0) is 4.79 Å². The SMILES string of the molecule is COc1cc(C=CC(=O)N2CCCC2c2ccccc2)cc(OC)c1. The van der Waals surface area contributed by atoms with Crippen molar-refractivity contribution in [1.82, 2.24) is 4.90 Å². The second-order valence-electron chi connectivity index (χ2n) is 6.08. The molecule has 1 unspecified atom stereocenters. The van der Waals surface area contributed by atoms with E-state index in [0.717, 1.165) is 24.9 Å². The third-order valence-electron chi connectivity index (χ3n) is 4.51. The molecule has 2 aromatic rings. The van der Waals surface area contributed by atoms with Crippen molar-refractivity contribution in [3.63, 3.8) is 0 Å². The molecule has 0 bridgehead atoms. The van der Waals surface area contributed by atoms with Gasteiger partial charge >= 0.3 is 0 Å². The Morgan fingerprint density at radius 2 is 1.76 bits per heavy atom. The molecule has 1 saturated heterocycles. The van der Waals surface area contributed by atoms with Gasteiger partial charge in [0, 0.05) is 18.7 Å². The smallest absolute Gasteiger partial charge is 0.247 e. The highest BCUT2D eigenvalue weighted by atomic mass is 16.5. The van der Waals surface area contributed by atoms with Crippen LogP contribution in [0.2, 0.25) is 0 Å². The van der Waals surface area contributed by atoms with Gasteiger partial charge in [-0.3, -0.25) is 4.79 Å². The maximum absolute atomic E-state index is 12.7. The van der Waals surface area contributed by atoms with Crippen molar-refractivity contribution in [3.05, 3.63) is 65.7 Å². The fourth-order valence-corrected chi connectivity index (χ4v) is 3.24. The summed E-state index contributed by atoms with van der Waals surface area (Å²) in [5, 5.41) is 0. The minimum Gasteiger partial charge on any atom is -0.497 e. The van der Waals surface area contributed by atoms with Crippen LogP contribution in [0.5, 0.6) is 11.5 Å². The van der Waals surface area contributed by atoms with Gasteiger partial charge in [-0.1, -0.05) is 30.3 Å². The van der Waals surface area contributed by atoms with Gasteiger partial charge < -0.3 is 14.4 Å². The van der Waals surface area contributed by atoms with E-state index < -0.39 is 0 Å². The topological polar surface area (TPSA) is 38.8 Å². The van der Waals surface area contributed by atoms with Gasteiger partial charge in [-0.15, -0.1) is 0 Å². The number of amides is 1. The first kappa shape index (κ1) is 17.1. The third kappa shape index (κ3) is 4.02. The summed E-state index contributed by atoms with van der Waals surface area (Å²) in [6, 6.07) is 16.0. The van der Waals surface area contributed by atoms with Gasteiger partial charge in [-0.2, -0.15) is 0 Å². The number of benzene rings is 2. The molecule has 1 aliphatic heterocycles. The lowest BCUT2D eigenvalue weighted by Gasteiger charge is -2.23. The molecule has 0 saturated carbocycles. The Morgan fingerprint density at radius 1 is 1.08 bits per heavy atom. The van der Waals surface area contributed by atoms with Gasteiger partial charge in [0.1, 0.15) is 11.5 Å². The number of hydrogen-bond donors (Lipinski definition) is 0. The molecule has 0 radical (unpaired) electrons. The van der Waals surface area contributed by atoms with Crippen molar-refractivity contribution < 1.29 is 14.3 Å². The Bertz CT molecular complexity index is 733. The van der Waals surface area contributed by atoms with Gasteiger partial charge in [0.15, 0.2) is 0 Å². The number of nitrogens with zero attached hydrogens (tertiary/aromatic N) is 1. The second-order valence-corrected chi connectivity index (χ2v) is 6.08. The summed E-state index contributed by atoms with van der Waals surface area (Å²) >= 11 is 0. The van der Waals surface area contributed by atoms with Crippen LogP contribution >= 0.6 is 0 Å². The summed E-state index contributed by atoms with van der Waals surface area (Å²) in [5.41, 5.74) is 2.07. The van der Waals surface area contributed by atoms with Crippen LogP contribution in [0, 0.1) is 0 Å². The summed E-state index contributed by atoms with van der Waals surface area (Å²) in [6.07, 6.45) is 5.49. The minimum absolute atomic E-state index is 0.0353. The van der Waals surface area contributed by atoms with Crippen LogP contribution < -0.4 is 9.47 Å². The molecule has 1 heterocycles. The first-order chi connectivity index (χ1) is 12.2. The summed E-state index contributed by atoms with van der Waals surface area (Å²) in [7, 11) is 3.23. The molecule has 4 heteroatoms. The van der Waals surface area contributed by atoms with Gasteiger partial charge in [0.05, 0.1) is 20.3 Å². The molecule has 1 amide bonds. The Balaban J connectivity index is 1.76. The molecule has 4 nitrogen and oxygen atoms in total. The summed E-state index contributed by atoms with van der Waals surface area (Å²) in [4.78, 5) is 14.6. The van der Waals surface area contributed by atoms with Crippen molar-refractivity contribution in [2.24, 2.45) is 0 Å². The lowest BCUT2D eigenvalue weighted by Crippen LogP contribution is -2.28. The van der Waals surface area contributed by atoms with E-state index in [4.69, 9.17) is 9.47 Å². The van der Waals surface area contributed by atoms with E-state index in [9.17, 15) is 4.79 Å². The van der Waals surface area contributed by atoms with Crippen LogP contribution in [0.1, 0.15) is 30.0 Å². The highest BCUT2D eigenvalue weighted by Crippen LogP contribution is 2.32. The molecule has 2 aromatic carbocycles. The summed E-state index contributed by atoms with van der Waals surface area (Å²) in [6.45, 7) is 0.796. The summed E-state index contributed by atoms with van der Waals surface area (Å²) < 4.78 is 10.5. The molecule has 1 aliphatic rings. The molecule has 0 aliphatic carbocycles. The number of likely N-dealkylation sites (tertiary alicyclic amines) is 1. The van der Waals surface area contributed by atoms with Gasteiger partial charge in [-0.05, 0) is 42.2 Å². The lowest BCUT2D eigenvalue weighted by atomic mass is 10.0. The number of carbonyl (C=O) groups is 1. The van der Waals surface area contributed by atoms with Crippen LogP contribution in [0.4, 0.5) is 0 Å². The Labute approximate surface area is 148 Å². The van der Waals surface area contributed by atoms with Crippen molar-refractivity contribution in [2.45, 2.75) is 18.9 Å². The van der Waals surface area contributed by atoms with E-state index in [1.807, 2.05) is 47.4 Å². The highest BCUT2D eigenvalue weighted by Gasteiger charge is 2.28. The van der Waals surface area contributed by atoms with Crippen LogP contribution in [0.3, 0.4) is 0 Å². The Kier molecular flexibility index (Phi) is 5.39. The number of rotatable bonds is 5. The van der Waals surface area contributed by atoms with Crippen LogP contribution in [0.25, 0.3) is 6.08 Å². The average molecular weight is 337 g/mol. The van der Waals surface area contributed by atoms with Crippen molar-refractivity contribution in [3.8, 4) is 11.5 Å². The molecule has 25 heavy (non-hydrogen) atoms. The lowest BCUT2D eigenvalue weighted by molar-refractivity contribution is -0.126. The number of hydrogen-bond acceptors (Lipinski definition) is 3. The van der Waals surface area contributed by atoms with E-state index in [1.54, 1.807) is 20.3 Å². The molecule has 0 N–H and O–H groups in total. The van der Waals surface area contributed by atoms with Crippen molar-refractivity contribution >= 4 is 12.0 Å². The zero-order valence-corrected chi connectivity index (χ0v) is 14.6. The molecule has 130 valence electrons. The van der Waals surface area contributed by atoms with Crippen LogP contribution in [0.15, 0.2) is 54.6 Å². The van der Waals surface area contributed by atoms with E-state index >= 15 is 0 Å².